The first-order valence-corrected chi connectivity index (χ1v) is 10.9. The van der Waals surface area contributed by atoms with Crippen LogP contribution in [0.15, 0.2) is 47.2 Å². The van der Waals surface area contributed by atoms with Gasteiger partial charge < -0.3 is 9.47 Å². The van der Waals surface area contributed by atoms with E-state index in [4.69, 9.17) is 9.47 Å². The SMILES string of the molecule is CC(C)c1ncc(OC2=C(c3ccc(S(C)(=O)=O)cc3)C(C)(C)OC2=O)cc1F. The summed E-state index contributed by atoms with van der Waals surface area (Å²) in [7, 11) is -3.36. The highest BCUT2D eigenvalue weighted by Gasteiger charge is 2.43. The molecular formula is C21H22FNO5S. The Balaban J connectivity index is 2.06. The quantitative estimate of drug-likeness (QED) is 0.684. The van der Waals surface area contributed by atoms with Gasteiger partial charge >= 0.3 is 5.97 Å². The third kappa shape index (κ3) is 4.17. The van der Waals surface area contributed by atoms with Gasteiger partial charge in [0.2, 0.25) is 5.76 Å². The molecule has 1 aliphatic heterocycles. The summed E-state index contributed by atoms with van der Waals surface area (Å²) in [5.41, 5.74) is 0.298. The molecule has 1 aromatic carbocycles. The molecular weight excluding hydrogens is 397 g/mol. The smallest absolute Gasteiger partial charge is 0.375 e. The number of hydrogen-bond donors (Lipinski definition) is 0. The Morgan fingerprint density at radius 1 is 1.17 bits per heavy atom. The summed E-state index contributed by atoms with van der Waals surface area (Å²) in [6, 6.07) is 7.25. The van der Waals surface area contributed by atoms with Crippen molar-refractivity contribution in [1.29, 1.82) is 0 Å². The monoisotopic (exact) mass is 419 g/mol. The van der Waals surface area contributed by atoms with Crippen LogP contribution in [0.2, 0.25) is 0 Å². The number of carbonyl (C=O) groups is 1. The topological polar surface area (TPSA) is 82.6 Å². The van der Waals surface area contributed by atoms with Crippen molar-refractivity contribution in [3.05, 3.63) is 59.4 Å². The van der Waals surface area contributed by atoms with Crippen molar-refractivity contribution >= 4 is 21.4 Å². The number of pyridine rings is 1. The number of aromatic nitrogens is 1. The summed E-state index contributed by atoms with van der Waals surface area (Å²) >= 11 is 0. The van der Waals surface area contributed by atoms with Crippen LogP contribution in [-0.4, -0.2) is 31.2 Å². The molecule has 0 bridgehead atoms. The Labute approximate surface area is 169 Å². The van der Waals surface area contributed by atoms with Gasteiger partial charge in [0.25, 0.3) is 0 Å². The zero-order valence-corrected chi connectivity index (χ0v) is 17.6. The average molecular weight is 419 g/mol. The second kappa shape index (κ2) is 7.26. The number of cyclic esters (lactones) is 1. The highest BCUT2D eigenvalue weighted by atomic mass is 32.2. The number of nitrogens with zero attached hydrogens (tertiary/aromatic N) is 1. The van der Waals surface area contributed by atoms with Crippen LogP contribution >= 0.6 is 0 Å². The van der Waals surface area contributed by atoms with Crippen LogP contribution in [0, 0.1) is 5.82 Å². The van der Waals surface area contributed by atoms with E-state index in [0.717, 1.165) is 6.26 Å². The Kier molecular flexibility index (Phi) is 5.25. The molecule has 0 saturated heterocycles. The van der Waals surface area contributed by atoms with Gasteiger partial charge in [-0.2, -0.15) is 0 Å². The second-order valence-corrected chi connectivity index (χ2v) is 9.71. The standard InChI is InChI=1S/C21H22FNO5S/c1-12(2)18-16(22)10-14(11-23-18)27-19-17(21(3,4)28-20(19)24)13-6-8-15(9-7-13)29(5,25)26/h6-12H,1-5H3. The molecule has 3 rings (SSSR count). The maximum absolute atomic E-state index is 14.3. The van der Waals surface area contributed by atoms with Crippen LogP contribution < -0.4 is 4.74 Å². The highest BCUT2D eigenvalue weighted by Crippen LogP contribution is 2.40. The molecule has 0 aliphatic carbocycles. The predicted molar refractivity (Wildman–Crippen MR) is 106 cm³/mol. The highest BCUT2D eigenvalue weighted by molar-refractivity contribution is 7.90. The lowest BCUT2D eigenvalue weighted by atomic mass is 9.92. The van der Waals surface area contributed by atoms with Gasteiger partial charge in [-0.05, 0) is 37.5 Å². The minimum absolute atomic E-state index is 0.0711. The van der Waals surface area contributed by atoms with Crippen molar-refractivity contribution in [2.45, 2.75) is 44.1 Å². The van der Waals surface area contributed by atoms with E-state index in [9.17, 15) is 17.6 Å². The number of halogens is 1. The van der Waals surface area contributed by atoms with Gasteiger partial charge in [0.05, 0.1) is 22.4 Å². The number of rotatable bonds is 5. The van der Waals surface area contributed by atoms with Gasteiger partial charge in [0.15, 0.2) is 9.84 Å². The van der Waals surface area contributed by atoms with Crippen molar-refractivity contribution < 1.29 is 27.1 Å². The van der Waals surface area contributed by atoms with E-state index in [-0.39, 0.29) is 22.3 Å². The van der Waals surface area contributed by atoms with E-state index < -0.39 is 27.2 Å². The molecule has 29 heavy (non-hydrogen) atoms. The summed E-state index contributed by atoms with van der Waals surface area (Å²) in [4.78, 5) is 16.7. The third-order valence-electron chi connectivity index (χ3n) is 4.54. The summed E-state index contributed by atoms with van der Waals surface area (Å²) in [5, 5.41) is 0. The van der Waals surface area contributed by atoms with E-state index in [1.54, 1.807) is 26.0 Å². The maximum atomic E-state index is 14.3. The van der Waals surface area contributed by atoms with Crippen LogP contribution in [0.1, 0.15) is 44.9 Å². The number of sulfone groups is 1. The predicted octanol–water partition coefficient (Wildman–Crippen LogP) is 3.87. The Morgan fingerprint density at radius 3 is 2.31 bits per heavy atom. The first-order valence-electron chi connectivity index (χ1n) is 9.02. The van der Waals surface area contributed by atoms with Gasteiger partial charge in [-0.15, -0.1) is 0 Å². The zero-order valence-electron chi connectivity index (χ0n) is 16.8. The van der Waals surface area contributed by atoms with E-state index in [1.165, 1.54) is 24.4 Å². The summed E-state index contributed by atoms with van der Waals surface area (Å²) < 4.78 is 48.8. The lowest BCUT2D eigenvalue weighted by molar-refractivity contribution is -0.145. The van der Waals surface area contributed by atoms with E-state index >= 15 is 0 Å². The number of ether oxygens (including phenoxy) is 2. The number of carbonyl (C=O) groups excluding carboxylic acids is 1. The molecule has 0 atom stereocenters. The molecule has 0 radical (unpaired) electrons. The molecule has 0 fully saturated rings. The Morgan fingerprint density at radius 2 is 1.79 bits per heavy atom. The van der Waals surface area contributed by atoms with Crippen LogP contribution in [-0.2, 0) is 19.4 Å². The Hall–Kier alpha value is -2.74. The first kappa shape index (κ1) is 21.0. The van der Waals surface area contributed by atoms with Crippen LogP contribution in [0.3, 0.4) is 0 Å². The lowest BCUT2D eigenvalue weighted by Crippen LogP contribution is -2.22. The normalized spacial score (nSPS) is 16.3. The fourth-order valence-electron chi connectivity index (χ4n) is 3.17. The van der Waals surface area contributed by atoms with Crippen molar-refractivity contribution in [3.8, 4) is 5.75 Å². The first-order chi connectivity index (χ1) is 13.4. The minimum atomic E-state index is -3.36. The van der Waals surface area contributed by atoms with Crippen molar-refractivity contribution in [2.75, 3.05) is 6.26 Å². The fourth-order valence-corrected chi connectivity index (χ4v) is 3.80. The Bertz CT molecular complexity index is 1100. The van der Waals surface area contributed by atoms with E-state index in [2.05, 4.69) is 4.98 Å². The zero-order chi connectivity index (χ0) is 21.6. The molecule has 0 spiro atoms. The molecule has 2 heterocycles. The second-order valence-electron chi connectivity index (χ2n) is 7.70. The number of benzene rings is 1. The van der Waals surface area contributed by atoms with Crippen LogP contribution in [0.25, 0.3) is 5.57 Å². The average Bonchev–Trinajstić information content (AvgIpc) is 2.82. The summed E-state index contributed by atoms with van der Waals surface area (Å²) in [5.74, 6) is -1.32. The summed E-state index contributed by atoms with van der Waals surface area (Å²) in [6.45, 7) is 7.04. The third-order valence-corrected chi connectivity index (χ3v) is 5.67. The molecule has 154 valence electrons. The van der Waals surface area contributed by atoms with Crippen molar-refractivity contribution in [3.63, 3.8) is 0 Å². The molecule has 8 heteroatoms. The van der Waals surface area contributed by atoms with E-state index in [0.29, 0.717) is 16.8 Å². The molecule has 0 saturated carbocycles. The van der Waals surface area contributed by atoms with E-state index in [1.807, 2.05) is 13.8 Å². The number of hydrogen-bond acceptors (Lipinski definition) is 6. The van der Waals surface area contributed by atoms with Gasteiger partial charge in [0, 0.05) is 12.3 Å². The largest absolute Gasteiger partial charge is 0.449 e. The molecule has 1 aromatic heterocycles. The van der Waals surface area contributed by atoms with Gasteiger partial charge in [-0.3, -0.25) is 4.98 Å². The molecule has 0 amide bonds. The maximum Gasteiger partial charge on any atom is 0.375 e. The minimum Gasteiger partial charge on any atom is -0.449 e. The fraction of sp³-hybridized carbons (Fsp3) is 0.333. The summed E-state index contributed by atoms with van der Waals surface area (Å²) in [6.07, 6.45) is 2.47. The lowest BCUT2D eigenvalue weighted by Gasteiger charge is -2.21. The molecule has 1 aliphatic rings. The van der Waals surface area contributed by atoms with Gasteiger partial charge in [0.1, 0.15) is 17.2 Å². The molecule has 0 unspecified atom stereocenters. The van der Waals surface area contributed by atoms with Crippen molar-refractivity contribution in [2.24, 2.45) is 0 Å². The molecule has 2 aromatic rings. The van der Waals surface area contributed by atoms with Gasteiger partial charge in [-0.25, -0.2) is 17.6 Å². The number of esters is 1. The van der Waals surface area contributed by atoms with Gasteiger partial charge in [-0.1, -0.05) is 26.0 Å². The molecule has 6 nitrogen and oxygen atoms in total. The van der Waals surface area contributed by atoms with Crippen LogP contribution in [0.5, 0.6) is 5.75 Å². The van der Waals surface area contributed by atoms with Crippen molar-refractivity contribution in [1.82, 2.24) is 4.98 Å². The molecule has 0 N–H and O–H groups in total. The van der Waals surface area contributed by atoms with Crippen LogP contribution in [0.4, 0.5) is 4.39 Å².